The summed E-state index contributed by atoms with van der Waals surface area (Å²) in [4.78, 5) is 15.3. The maximum Gasteiger partial charge on any atom is 0.266 e. The molecule has 0 saturated heterocycles. The maximum atomic E-state index is 14.9. The summed E-state index contributed by atoms with van der Waals surface area (Å²) in [5.41, 5.74) is 3.14. The smallest absolute Gasteiger partial charge is 0.266 e. The number of nitrogens with one attached hydrogen (secondary N) is 1. The van der Waals surface area contributed by atoms with E-state index in [0.717, 1.165) is 29.2 Å². The lowest BCUT2D eigenvalue weighted by atomic mass is 9.91. The van der Waals surface area contributed by atoms with Crippen molar-refractivity contribution in [3.8, 4) is 16.9 Å². The van der Waals surface area contributed by atoms with Crippen LogP contribution in [0.25, 0.3) is 32.1 Å². The number of hydrogen-bond donors (Lipinski definition) is 2. The van der Waals surface area contributed by atoms with Crippen molar-refractivity contribution in [2.75, 3.05) is 0 Å². The highest BCUT2D eigenvalue weighted by Gasteiger charge is 2.19. The lowest BCUT2D eigenvalue weighted by molar-refractivity contribution is 0.477. The van der Waals surface area contributed by atoms with Crippen molar-refractivity contribution in [2.24, 2.45) is 0 Å². The molecule has 4 rings (SSSR count). The third kappa shape index (κ3) is 2.90. The van der Waals surface area contributed by atoms with Gasteiger partial charge in [0.05, 0.1) is 5.52 Å². The zero-order chi connectivity index (χ0) is 20.0. The summed E-state index contributed by atoms with van der Waals surface area (Å²) in [6, 6.07) is 8.67. The molecule has 144 valence electrons. The molecular weight excluding hydrogens is 373 g/mol. The van der Waals surface area contributed by atoms with E-state index in [9.17, 15) is 14.3 Å². The third-order valence-electron chi connectivity index (χ3n) is 5.42. The molecule has 2 heterocycles. The van der Waals surface area contributed by atoms with Crippen LogP contribution in [-0.2, 0) is 0 Å². The minimum Gasteiger partial charge on any atom is -0.507 e. The Morgan fingerprint density at radius 2 is 2.04 bits per heavy atom. The average molecular weight is 395 g/mol. The predicted molar refractivity (Wildman–Crippen MR) is 115 cm³/mol. The molecule has 1 atom stereocenters. The van der Waals surface area contributed by atoms with Gasteiger partial charge in [0.25, 0.3) is 5.56 Å². The van der Waals surface area contributed by atoms with E-state index in [1.807, 2.05) is 37.4 Å². The monoisotopic (exact) mass is 395 g/mol. The van der Waals surface area contributed by atoms with Gasteiger partial charge in [-0.05, 0) is 59.5 Å². The molecular formula is C23H22FNO2S. The molecule has 0 saturated carbocycles. The number of halogens is 1. The highest BCUT2D eigenvalue weighted by molar-refractivity contribution is 7.17. The number of aromatic hydroxyl groups is 1. The Bertz CT molecular complexity index is 1260. The summed E-state index contributed by atoms with van der Waals surface area (Å²) < 4.78 is 15.5. The van der Waals surface area contributed by atoms with Crippen LogP contribution in [0.2, 0.25) is 0 Å². The number of phenols is 1. The minimum atomic E-state index is -0.266. The van der Waals surface area contributed by atoms with Gasteiger partial charge >= 0.3 is 0 Å². The number of fused-ring (bicyclic) bond motifs is 3. The number of aromatic amines is 1. The second kappa shape index (κ2) is 7.06. The molecule has 5 heteroatoms. The number of thiophene rings is 1. The van der Waals surface area contributed by atoms with Gasteiger partial charge in [0.1, 0.15) is 16.3 Å². The molecule has 0 amide bonds. The molecule has 0 aliphatic rings. The molecule has 0 aliphatic heterocycles. The first kappa shape index (κ1) is 18.7. The van der Waals surface area contributed by atoms with Crippen LogP contribution in [0.3, 0.4) is 0 Å². The van der Waals surface area contributed by atoms with Gasteiger partial charge in [0.2, 0.25) is 0 Å². The lowest BCUT2D eigenvalue weighted by Gasteiger charge is -2.16. The van der Waals surface area contributed by atoms with E-state index in [-0.39, 0.29) is 23.0 Å². The second-order valence-corrected chi connectivity index (χ2v) is 8.30. The fourth-order valence-electron chi connectivity index (χ4n) is 4.05. The van der Waals surface area contributed by atoms with Crippen LogP contribution in [0.5, 0.6) is 5.75 Å². The van der Waals surface area contributed by atoms with Gasteiger partial charge in [-0.2, -0.15) is 0 Å². The Morgan fingerprint density at radius 3 is 2.75 bits per heavy atom. The Morgan fingerprint density at radius 1 is 1.25 bits per heavy atom. The van der Waals surface area contributed by atoms with Crippen molar-refractivity contribution < 1.29 is 9.50 Å². The summed E-state index contributed by atoms with van der Waals surface area (Å²) in [5, 5.41) is 14.1. The molecule has 2 aromatic carbocycles. The Labute approximate surface area is 166 Å². The number of phenolic OH excluding ortho intramolecular Hbond substituents is 1. The summed E-state index contributed by atoms with van der Waals surface area (Å²) in [5.74, 6) is -0.0433. The molecule has 1 unspecified atom stereocenters. The van der Waals surface area contributed by atoms with Crippen LogP contribution < -0.4 is 5.56 Å². The van der Waals surface area contributed by atoms with Crippen LogP contribution >= 0.6 is 11.3 Å². The number of pyridine rings is 1. The number of benzene rings is 2. The van der Waals surface area contributed by atoms with E-state index in [1.165, 1.54) is 17.4 Å². The van der Waals surface area contributed by atoms with Gasteiger partial charge in [-0.15, -0.1) is 11.3 Å². The zero-order valence-electron chi connectivity index (χ0n) is 16.1. The summed E-state index contributed by atoms with van der Waals surface area (Å²) in [6.07, 6.45) is 1.92. The first-order valence-electron chi connectivity index (χ1n) is 9.48. The van der Waals surface area contributed by atoms with Crippen molar-refractivity contribution in [3.63, 3.8) is 0 Å². The molecule has 2 N–H and O–H groups in total. The van der Waals surface area contributed by atoms with E-state index in [4.69, 9.17) is 0 Å². The van der Waals surface area contributed by atoms with Gasteiger partial charge in [0, 0.05) is 16.3 Å². The topological polar surface area (TPSA) is 53.1 Å². The summed E-state index contributed by atoms with van der Waals surface area (Å²) >= 11 is 1.36. The molecule has 3 nitrogen and oxygen atoms in total. The molecule has 2 aromatic heterocycles. The SMILES string of the molecule is CCCC(C)c1ccc(-c2c(O)cc(C)c3[nH]c(=O)c4sccc4c23)cc1F. The fourth-order valence-corrected chi connectivity index (χ4v) is 4.84. The average Bonchev–Trinajstić information content (AvgIpc) is 3.13. The molecule has 0 fully saturated rings. The van der Waals surface area contributed by atoms with Crippen molar-refractivity contribution in [2.45, 2.75) is 39.5 Å². The summed E-state index contributed by atoms with van der Waals surface area (Å²) in [6.45, 7) is 5.96. The normalized spacial score (nSPS) is 12.7. The number of H-pyrrole nitrogens is 1. The van der Waals surface area contributed by atoms with E-state index in [1.54, 1.807) is 6.07 Å². The first-order chi connectivity index (χ1) is 13.4. The molecule has 0 radical (unpaired) electrons. The quantitative estimate of drug-likeness (QED) is 0.416. The highest BCUT2D eigenvalue weighted by atomic mass is 32.1. The predicted octanol–water partition coefficient (Wildman–Crippen LogP) is 6.47. The Balaban J connectivity index is 2.03. The van der Waals surface area contributed by atoms with Crippen LogP contribution in [-0.4, -0.2) is 10.1 Å². The van der Waals surface area contributed by atoms with Gasteiger partial charge in [-0.1, -0.05) is 32.4 Å². The van der Waals surface area contributed by atoms with Gasteiger partial charge < -0.3 is 10.1 Å². The standard InChI is InChI=1S/C23H22FNO2S/c1-4-5-12(2)15-7-6-14(11-17(15)24)19-18(26)10-13(3)21-20(19)16-8-9-28-22(16)23(27)25-21/h6-12,26H,4-5H2,1-3H3,(H,25,27). The van der Waals surface area contributed by atoms with Crippen LogP contribution in [0.15, 0.2) is 40.5 Å². The van der Waals surface area contributed by atoms with Crippen LogP contribution in [0.4, 0.5) is 4.39 Å². The molecule has 4 aromatic rings. The maximum absolute atomic E-state index is 14.9. The van der Waals surface area contributed by atoms with Crippen molar-refractivity contribution in [1.82, 2.24) is 4.98 Å². The van der Waals surface area contributed by atoms with Crippen molar-refractivity contribution in [3.05, 3.63) is 63.0 Å². The number of rotatable bonds is 4. The minimum absolute atomic E-state index is 0.0818. The zero-order valence-corrected chi connectivity index (χ0v) is 16.9. The Kier molecular flexibility index (Phi) is 4.71. The Hall–Kier alpha value is -2.66. The third-order valence-corrected chi connectivity index (χ3v) is 6.34. The van der Waals surface area contributed by atoms with Crippen LogP contribution in [0, 0.1) is 12.7 Å². The lowest BCUT2D eigenvalue weighted by Crippen LogP contribution is -2.06. The summed E-state index contributed by atoms with van der Waals surface area (Å²) in [7, 11) is 0. The van der Waals surface area contributed by atoms with Gasteiger partial charge in [0.15, 0.2) is 0 Å². The first-order valence-corrected chi connectivity index (χ1v) is 10.4. The molecule has 0 bridgehead atoms. The molecule has 0 aliphatic carbocycles. The van der Waals surface area contributed by atoms with E-state index in [0.29, 0.717) is 26.9 Å². The van der Waals surface area contributed by atoms with E-state index < -0.39 is 0 Å². The number of hydrogen-bond acceptors (Lipinski definition) is 3. The van der Waals surface area contributed by atoms with E-state index >= 15 is 0 Å². The largest absolute Gasteiger partial charge is 0.507 e. The fraction of sp³-hybridized carbons (Fsp3) is 0.261. The number of aromatic nitrogens is 1. The molecule has 28 heavy (non-hydrogen) atoms. The van der Waals surface area contributed by atoms with Crippen LogP contribution in [0.1, 0.15) is 43.7 Å². The highest BCUT2D eigenvalue weighted by Crippen LogP contribution is 2.42. The molecule has 0 spiro atoms. The number of aryl methyl sites for hydroxylation is 1. The van der Waals surface area contributed by atoms with Crippen molar-refractivity contribution in [1.29, 1.82) is 0 Å². The van der Waals surface area contributed by atoms with Crippen molar-refractivity contribution >= 4 is 32.3 Å². The van der Waals surface area contributed by atoms with E-state index in [2.05, 4.69) is 11.9 Å². The van der Waals surface area contributed by atoms with Gasteiger partial charge in [-0.25, -0.2) is 4.39 Å². The second-order valence-electron chi connectivity index (χ2n) is 7.38. The van der Waals surface area contributed by atoms with Gasteiger partial charge in [-0.3, -0.25) is 4.79 Å².